The molecule has 2 aliphatic rings. The smallest absolute Gasteiger partial charge is 0.239 e. The normalized spacial score (nSPS) is 29.4. The number of carbonyl (C=O) groups is 1. The minimum absolute atomic E-state index is 0.0918. The van der Waals surface area contributed by atoms with Gasteiger partial charge in [0.05, 0.1) is 24.4 Å². The fourth-order valence-corrected chi connectivity index (χ4v) is 3.89. The second kappa shape index (κ2) is 6.44. The molecule has 0 bridgehead atoms. The van der Waals surface area contributed by atoms with Crippen LogP contribution < -0.4 is 0 Å². The van der Waals surface area contributed by atoms with E-state index in [1.54, 1.807) is 17.1 Å². The number of β-amino-alcohol motifs (C(OH)–C–C–N with tert-alkyl or cyclic N) is 1. The molecule has 2 unspecified atom stereocenters. The van der Waals surface area contributed by atoms with Crippen molar-refractivity contribution in [1.82, 2.24) is 24.8 Å². The Morgan fingerprint density at radius 3 is 2.83 bits per heavy atom. The minimum Gasteiger partial charge on any atom is -0.387 e. The van der Waals surface area contributed by atoms with Crippen LogP contribution in [0.4, 0.5) is 0 Å². The van der Waals surface area contributed by atoms with E-state index in [-0.39, 0.29) is 17.4 Å². The maximum absolute atomic E-state index is 12.9. The predicted octanol–water partition coefficient (Wildman–Crippen LogP) is 0.752. The van der Waals surface area contributed by atoms with Gasteiger partial charge in [0.25, 0.3) is 0 Å². The highest BCUT2D eigenvalue weighted by atomic mass is 16.3. The topological polar surface area (TPSA) is 74.5 Å². The van der Waals surface area contributed by atoms with E-state index >= 15 is 0 Å². The van der Waals surface area contributed by atoms with Crippen LogP contribution in [-0.4, -0.2) is 73.6 Å². The molecule has 2 fully saturated rings. The van der Waals surface area contributed by atoms with E-state index in [1.165, 1.54) is 0 Å². The minimum atomic E-state index is -0.833. The van der Waals surface area contributed by atoms with E-state index in [9.17, 15) is 9.90 Å². The van der Waals surface area contributed by atoms with Crippen molar-refractivity contribution in [1.29, 1.82) is 0 Å². The molecule has 1 N–H and O–H groups in total. The largest absolute Gasteiger partial charge is 0.387 e. The number of piperidine rings is 1. The van der Waals surface area contributed by atoms with Crippen molar-refractivity contribution in [2.24, 2.45) is 5.41 Å². The van der Waals surface area contributed by atoms with E-state index in [4.69, 9.17) is 0 Å². The summed E-state index contributed by atoms with van der Waals surface area (Å²) in [6.45, 7) is 9.83. The number of amides is 1. The lowest BCUT2D eigenvalue weighted by Crippen LogP contribution is -2.54. The molecule has 2 aliphatic heterocycles. The van der Waals surface area contributed by atoms with Crippen molar-refractivity contribution in [3.8, 4) is 0 Å². The van der Waals surface area contributed by atoms with Gasteiger partial charge < -0.3 is 10.0 Å². The van der Waals surface area contributed by atoms with Crippen LogP contribution in [0.2, 0.25) is 0 Å². The summed E-state index contributed by atoms with van der Waals surface area (Å²) >= 11 is 0. The van der Waals surface area contributed by atoms with E-state index in [2.05, 4.69) is 36.0 Å². The molecular weight excluding hydrogens is 306 g/mol. The Morgan fingerprint density at radius 2 is 2.17 bits per heavy atom. The molecule has 1 aromatic heterocycles. The molecule has 0 aromatic carbocycles. The fourth-order valence-electron chi connectivity index (χ4n) is 3.89. The SMILES string of the molecule is CC(C)(C)CN1CCCC(N2CCC(O)(Cn3ccnn3)C2)C1=O. The Hall–Kier alpha value is -1.47. The van der Waals surface area contributed by atoms with Gasteiger partial charge in [0, 0.05) is 32.4 Å². The molecule has 24 heavy (non-hydrogen) atoms. The lowest BCUT2D eigenvalue weighted by Gasteiger charge is -2.39. The Kier molecular flexibility index (Phi) is 4.66. The summed E-state index contributed by atoms with van der Waals surface area (Å²) in [5, 5.41) is 18.6. The number of hydrogen-bond donors (Lipinski definition) is 1. The molecule has 2 atom stereocenters. The van der Waals surface area contributed by atoms with Gasteiger partial charge in [-0.05, 0) is 24.7 Å². The number of hydrogen-bond acceptors (Lipinski definition) is 5. The van der Waals surface area contributed by atoms with Gasteiger partial charge in [0.1, 0.15) is 0 Å². The zero-order valence-corrected chi connectivity index (χ0v) is 15.0. The highest BCUT2D eigenvalue weighted by Gasteiger charge is 2.43. The Morgan fingerprint density at radius 1 is 1.38 bits per heavy atom. The third kappa shape index (κ3) is 3.95. The zero-order valence-electron chi connectivity index (χ0n) is 15.0. The van der Waals surface area contributed by atoms with E-state index in [0.29, 0.717) is 19.5 Å². The van der Waals surface area contributed by atoms with Crippen molar-refractivity contribution >= 4 is 5.91 Å². The second-order valence-corrected chi connectivity index (χ2v) is 8.52. The third-order valence-electron chi connectivity index (χ3n) is 4.90. The average Bonchev–Trinajstić information content (AvgIpc) is 3.10. The van der Waals surface area contributed by atoms with Gasteiger partial charge in [-0.25, -0.2) is 4.68 Å². The first-order valence-corrected chi connectivity index (χ1v) is 8.85. The van der Waals surface area contributed by atoms with Crippen molar-refractivity contribution in [2.45, 2.75) is 58.2 Å². The first-order chi connectivity index (χ1) is 11.3. The molecule has 7 nitrogen and oxygen atoms in total. The Bertz CT molecular complexity index is 568. The number of likely N-dealkylation sites (tertiary alicyclic amines) is 2. The quantitative estimate of drug-likeness (QED) is 0.879. The monoisotopic (exact) mass is 335 g/mol. The lowest BCUT2D eigenvalue weighted by molar-refractivity contribution is -0.141. The van der Waals surface area contributed by atoms with Gasteiger partial charge in [-0.1, -0.05) is 26.0 Å². The van der Waals surface area contributed by atoms with Crippen molar-refractivity contribution < 1.29 is 9.90 Å². The standard InChI is InChI=1S/C17H29N5O2/c1-16(2,3)11-21-8-4-5-14(15(21)23)20-9-6-17(24,12-20)13-22-10-7-18-19-22/h7,10,14,24H,4-6,8-9,11-13H2,1-3H3. The first kappa shape index (κ1) is 17.4. The molecule has 0 spiro atoms. The molecule has 0 aliphatic carbocycles. The number of nitrogens with zero attached hydrogens (tertiary/aromatic N) is 5. The Labute approximate surface area is 143 Å². The molecule has 0 radical (unpaired) electrons. The predicted molar refractivity (Wildman–Crippen MR) is 90.2 cm³/mol. The average molecular weight is 335 g/mol. The molecule has 3 rings (SSSR count). The Balaban J connectivity index is 1.63. The van der Waals surface area contributed by atoms with Crippen molar-refractivity contribution in [3.05, 3.63) is 12.4 Å². The molecule has 2 saturated heterocycles. The molecule has 0 saturated carbocycles. The maximum atomic E-state index is 12.9. The molecule has 1 aromatic rings. The van der Waals surface area contributed by atoms with Crippen LogP contribution >= 0.6 is 0 Å². The molecule has 7 heteroatoms. The summed E-state index contributed by atoms with van der Waals surface area (Å²) in [4.78, 5) is 17.1. The van der Waals surface area contributed by atoms with Gasteiger partial charge in [-0.3, -0.25) is 9.69 Å². The van der Waals surface area contributed by atoms with Crippen LogP contribution in [0.3, 0.4) is 0 Å². The molecule has 3 heterocycles. The highest BCUT2D eigenvalue weighted by Crippen LogP contribution is 2.29. The number of aliphatic hydroxyl groups is 1. The maximum Gasteiger partial charge on any atom is 0.239 e. The lowest BCUT2D eigenvalue weighted by atomic mass is 9.93. The van der Waals surface area contributed by atoms with Gasteiger partial charge in [0.2, 0.25) is 5.91 Å². The van der Waals surface area contributed by atoms with Crippen LogP contribution in [0.25, 0.3) is 0 Å². The fraction of sp³-hybridized carbons (Fsp3) is 0.824. The van der Waals surface area contributed by atoms with E-state index in [1.807, 2.05) is 4.90 Å². The number of aromatic nitrogens is 3. The van der Waals surface area contributed by atoms with Gasteiger partial charge in [-0.15, -0.1) is 5.10 Å². The van der Waals surface area contributed by atoms with Crippen molar-refractivity contribution in [3.63, 3.8) is 0 Å². The van der Waals surface area contributed by atoms with Gasteiger partial charge in [-0.2, -0.15) is 0 Å². The van der Waals surface area contributed by atoms with Crippen LogP contribution in [0.5, 0.6) is 0 Å². The molecule has 134 valence electrons. The summed E-state index contributed by atoms with van der Waals surface area (Å²) in [5.41, 5.74) is -0.726. The number of rotatable bonds is 4. The third-order valence-corrected chi connectivity index (χ3v) is 4.90. The molecular formula is C17H29N5O2. The van der Waals surface area contributed by atoms with Crippen LogP contribution in [0.1, 0.15) is 40.0 Å². The first-order valence-electron chi connectivity index (χ1n) is 8.85. The van der Waals surface area contributed by atoms with E-state index in [0.717, 1.165) is 32.5 Å². The second-order valence-electron chi connectivity index (χ2n) is 8.52. The summed E-state index contributed by atoms with van der Waals surface area (Å²) in [7, 11) is 0. The van der Waals surface area contributed by atoms with Gasteiger partial charge >= 0.3 is 0 Å². The van der Waals surface area contributed by atoms with Crippen LogP contribution in [-0.2, 0) is 11.3 Å². The molecule has 1 amide bonds. The number of carbonyl (C=O) groups excluding carboxylic acids is 1. The summed E-state index contributed by atoms with van der Waals surface area (Å²) in [6.07, 6.45) is 5.96. The summed E-state index contributed by atoms with van der Waals surface area (Å²) in [6, 6.07) is -0.0918. The van der Waals surface area contributed by atoms with Crippen molar-refractivity contribution in [2.75, 3.05) is 26.2 Å². The van der Waals surface area contributed by atoms with Crippen LogP contribution in [0, 0.1) is 5.41 Å². The summed E-state index contributed by atoms with van der Waals surface area (Å²) < 4.78 is 1.66. The van der Waals surface area contributed by atoms with Crippen LogP contribution in [0.15, 0.2) is 12.4 Å². The highest BCUT2D eigenvalue weighted by molar-refractivity contribution is 5.82. The van der Waals surface area contributed by atoms with E-state index < -0.39 is 5.60 Å². The van der Waals surface area contributed by atoms with Gasteiger partial charge in [0.15, 0.2) is 0 Å². The zero-order chi connectivity index (χ0) is 17.4. The summed E-state index contributed by atoms with van der Waals surface area (Å²) in [5.74, 6) is 0.223.